The van der Waals surface area contributed by atoms with Gasteiger partial charge >= 0.3 is 0 Å². The van der Waals surface area contributed by atoms with Crippen LogP contribution in [0.15, 0.2) is 0 Å². The van der Waals surface area contributed by atoms with E-state index in [1.54, 1.807) is 0 Å². The molecular weight excluding hydrogens is 234 g/mol. The van der Waals surface area contributed by atoms with Crippen LogP contribution in [0.1, 0.15) is 72.1 Å². The molecule has 0 aromatic rings. The summed E-state index contributed by atoms with van der Waals surface area (Å²) in [6.45, 7) is 7.01. The molecule has 2 saturated carbocycles. The Morgan fingerprint density at radius 3 is 2.58 bits per heavy atom. The van der Waals surface area contributed by atoms with Crippen molar-refractivity contribution in [2.75, 3.05) is 7.11 Å². The fraction of sp³-hybridized carbons (Fsp3) is 1.00. The molecule has 0 radical (unpaired) electrons. The van der Waals surface area contributed by atoms with Gasteiger partial charge in [0.1, 0.15) is 0 Å². The molecule has 0 heterocycles. The van der Waals surface area contributed by atoms with Gasteiger partial charge in [-0.25, -0.2) is 0 Å². The van der Waals surface area contributed by atoms with Crippen molar-refractivity contribution in [3.8, 4) is 0 Å². The Bertz CT molecular complexity index is 276. The molecule has 2 heteroatoms. The molecule has 2 aliphatic carbocycles. The predicted molar refractivity (Wildman–Crippen MR) is 81.4 cm³/mol. The summed E-state index contributed by atoms with van der Waals surface area (Å²) in [5.74, 6) is 0.998. The normalized spacial score (nSPS) is 38.5. The standard InChI is InChI=1S/C17H33NO/c1-5-7-13-8-6-9-14(11-10-13)18-15-12-16(19-4)17(15,2)3/h13-16,18H,5-12H2,1-4H3. The van der Waals surface area contributed by atoms with Crippen LogP contribution in [0.5, 0.6) is 0 Å². The first-order chi connectivity index (χ1) is 9.07. The molecule has 4 unspecified atom stereocenters. The molecule has 1 N–H and O–H groups in total. The van der Waals surface area contributed by atoms with Crippen molar-refractivity contribution in [3.63, 3.8) is 0 Å². The Kier molecular flexibility index (Phi) is 5.30. The zero-order chi connectivity index (χ0) is 13.9. The molecule has 2 fully saturated rings. The molecule has 19 heavy (non-hydrogen) atoms. The number of hydrogen-bond donors (Lipinski definition) is 1. The third-order valence-electron chi connectivity index (χ3n) is 5.68. The van der Waals surface area contributed by atoms with Crippen LogP contribution in [0, 0.1) is 11.3 Å². The summed E-state index contributed by atoms with van der Waals surface area (Å²) in [4.78, 5) is 0. The Morgan fingerprint density at radius 1 is 1.16 bits per heavy atom. The Hall–Kier alpha value is -0.0800. The van der Waals surface area contributed by atoms with E-state index >= 15 is 0 Å². The van der Waals surface area contributed by atoms with E-state index in [4.69, 9.17) is 4.74 Å². The van der Waals surface area contributed by atoms with Crippen LogP contribution in [0.4, 0.5) is 0 Å². The molecule has 0 aliphatic heterocycles. The fourth-order valence-corrected chi connectivity index (χ4v) is 4.09. The lowest BCUT2D eigenvalue weighted by Gasteiger charge is -2.52. The Morgan fingerprint density at radius 2 is 1.95 bits per heavy atom. The maximum absolute atomic E-state index is 5.55. The molecule has 0 aromatic heterocycles. The van der Waals surface area contributed by atoms with Gasteiger partial charge in [0.05, 0.1) is 6.10 Å². The van der Waals surface area contributed by atoms with Crippen LogP contribution in [-0.2, 0) is 4.74 Å². The summed E-state index contributed by atoms with van der Waals surface area (Å²) in [6, 6.07) is 1.41. The maximum atomic E-state index is 5.55. The third-order valence-corrected chi connectivity index (χ3v) is 5.68. The van der Waals surface area contributed by atoms with Gasteiger partial charge in [0, 0.05) is 24.6 Å². The predicted octanol–water partition coefficient (Wildman–Crippen LogP) is 4.14. The van der Waals surface area contributed by atoms with Gasteiger partial charge in [0.2, 0.25) is 0 Å². The van der Waals surface area contributed by atoms with Crippen LogP contribution in [0.3, 0.4) is 0 Å². The van der Waals surface area contributed by atoms with Gasteiger partial charge in [-0.1, -0.05) is 46.5 Å². The van der Waals surface area contributed by atoms with Gasteiger partial charge in [-0.05, 0) is 31.6 Å². The first-order valence-electron chi connectivity index (χ1n) is 8.36. The molecule has 4 atom stereocenters. The summed E-state index contributed by atoms with van der Waals surface area (Å²) < 4.78 is 5.55. The van der Waals surface area contributed by atoms with E-state index in [9.17, 15) is 0 Å². The van der Waals surface area contributed by atoms with Crippen LogP contribution >= 0.6 is 0 Å². The SMILES string of the molecule is CCCC1CCCC(NC2CC(OC)C2(C)C)CC1. The summed E-state index contributed by atoms with van der Waals surface area (Å²) in [6.07, 6.45) is 11.5. The van der Waals surface area contributed by atoms with E-state index in [0.717, 1.165) is 12.0 Å². The van der Waals surface area contributed by atoms with Crippen molar-refractivity contribution in [2.24, 2.45) is 11.3 Å². The van der Waals surface area contributed by atoms with Gasteiger partial charge in [-0.2, -0.15) is 0 Å². The average molecular weight is 267 g/mol. The number of rotatable bonds is 5. The van der Waals surface area contributed by atoms with E-state index in [1.165, 1.54) is 51.4 Å². The lowest BCUT2D eigenvalue weighted by Crippen LogP contribution is -2.62. The topological polar surface area (TPSA) is 21.3 Å². The molecule has 0 bridgehead atoms. The highest BCUT2D eigenvalue weighted by atomic mass is 16.5. The minimum atomic E-state index is 0.309. The van der Waals surface area contributed by atoms with Crippen molar-refractivity contribution in [1.29, 1.82) is 0 Å². The van der Waals surface area contributed by atoms with E-state index in [1.807, 2.05) is 7.11 Å². The highest BCUT2D eigenvalue weighted by Gasteiger charge is 2.48. The largest absolute Gasteiger partial charge is 0.381 e. The second-order valence-electron chi connectivity index (χ2n) is 7.36. The quantitative estimate of drug-likeness (QED) is 0.756. The van der Waals surface area contributed by atoms with Gasteiger partial charge in [-0.15, -0.1) is 0 Å². The zero-order valence-corrected chi connectivity index (χ0v) is 13.4. The van der Waals surface area contributed by atoms with E-state index in [-0.39, 0.29) is 0 Å². The third kappa shape index (κ3) is 3.52. The van der Waals surface area contributed by atoms with Crippen LogP contribution in [-0.4, -0.2) is 25.3 Å². The fourth-order valence-electron chi connectivity index (χ4n) is 4.09. The van der Waals surface area contributed by atoms with Crippen LogP contribution in [0.2, 0.25) is 0 Å². The van der Waals surface area contributed by atoms with Crippen molar-refractivity contribution in [1.82, 2.24) is 5.32 Å². The molecule has 112 valence electrons. The highest BCUT2D eigenvalue weighted by molar-refractivity contribution is 5.03. The van der Waals surface area contributed by atoms with Crippen molar-refractivity contribution in [2.45, 2.75) is 90.3 Å². The molecule has 0 saturated heterocycles. The highest BCUT2D eigenvalue weighted by Crippen LogP contribution is 2.43. The maximum Gasteiger partial charge on any atom is 0.0652 e. The first kappa shape index (κ1) is 15.3. The van der Waals surface area contributed by atoms with Crippen molar-refractivity contribution in [3.05, 3.63) is 0 Å². The summed E-state index contributed by atoms with van der Waals surface area (Å²) in [5.41, 5.74) is 0.309. The molecule has 0 aromatic carbocycles. The smallest absolute Gasteiger partial charge is 0.0652 e. The van der Waals surface area contributed by atoms with E-state index in [0.29, 0.717) is 17.6 Å². The van der Waals surface area contributed by atoms with Gasteiger partial charge < -0.3 is 10.1 Å². The van der Waals surface area contributed by atoms with Crippen LogP contribution in [0.25, 0.3) is 0 Å². The summed E-state index contributed by atoms with van der Waals surface area (Å²) in [7, 11) is 1.85. The van der Waals surface area contributed by atoms with Crippen LogP contribution < -0.4 is 5.32 Å². The molecule has 2 aliphatic rings. The molecule has 0 amide bonds. The number of ether oxygens (including phenoxy) is 1. The Labute approximate surface area is 119 Å². The number of nitrogens with one attached hydrogen (secondary N) is 1. The molecular formula is C17H33NO. The van der Waals surface area contributed by atoms with Crippen molar-refractivity contribution >= 4 is 0 Å². The lowest BCUT2D eigenvalue weighted by atomic mass is 9.64. The minimum Gasteiger partial charge on any atom is -0.381 e. The molecule has 0 spiro atoms. The second-order valence-corrected chi connectivity index (χ2v) is 7.36. The summed E-state index contributed by atoms with van der Waals surface area (Å²) in [5, 5.41) is 3.93. The van der Waals surface area contributed by atoms with E-state index in [2.05, 4.69) is 26.1 Å². The van der Waals surface area contributed by atoms with Gasteiger partial charge in [-0.3, -0.25) is 0 Å². The van der Waals surface area contributed by atoms with Crippen molar-refractivity contribution < 1.29 is 4.74 Å². The Balaban J connectivity index is 1.78. The summed E-state index contributed by atoms with van der Waals surface area (Å²) >= 11 is 0. The van der Waals surface area contributed by atoms with E-state index < -0.39 is 0 Å². The number of methoxy groups -OCH3 is 1. The molecule has 2 rings (SSSR count). The first-order valence-corrected chi connectivity index (χ1v) is 8.36. The molecule has 2 nitrogen and oxygen atoms in total. The second kappa shape index (κ2) is 6.58. The van der Waals surface area contributed by atoms with Gasteiger partial charge in [0.25, 0.3) is 0 Å². The lowest BCUT2D eigenvalue weighted by molar-refractivity contribution is -0.101. The zero-order valence-electron chi connectivity index (χ0n) is 13.4. The average Bonchev–Trinajstić information content (AvgIpc) is 2.60. The van der Waals surface area contributed by atoms with Gasteiger partial charge in [0.15, 0.2) is 0 Å². The monoisotopic (exact) mass is 267 g/mol. The minimum absolute atomic E-state index is 0.309. The number of hydrogen-bond acceptors (Lipinski definition) is 2.